The minimum atomic E-state index is -0.162. The zero-order valence-corrected chi connectivity index (χ0v) is 16.1. The monoisotopic (exact) mass is 349 g/mol. The average Bonchev–Trinajstić information content (AvgIpc) is 3.10. The molecular formula is C19H31N3O3. The maximum absolute atomic E-state index is 11.9. The number of methoxy groups -OCH3 is 1. The van der Waals surface area contributed by atoms with Gasteiger partial charge in [0, 0.05) is 33.4 Å². The van der Waals surface area contributed by atoms with Crippen LogP contribution in [0.5, 0.6) is 0 Å². The summed E-state index contributed by atoms with van der Waals surface area (Å²) >= 11 is 0. The molecule has 1 aromatic rings. The standard InChI is InChI=1S/C19H31N3O3/c1-12-6-14(10-19(3,4)9-12)7-17-20-21-18(25-17)16-8-15(24-5)11-22(16)13(2)23/h12,14-16H,6-11H2,1-5H3/t12-,14-,15-,16+/m0/s1. The Bertz CT molecular complexity index is 613. The lowest BCUT2D eigenvalue weighted by Crippen LogP contribution is -2.29. The van der Waals surface area contributed by atoms with Crippen molar-refractivity contribution in [2.24, 2.45) is 17.3 Å². The minimum absolute atomic E-state index is 0.0205. The van der Waals surface area contributed by atoms with Crippen LogP contribution in [0.15, 0.2) is 4.42 Å². The summed E-state index contributed by atoms with van der Waals surface area (Å²) in [6.07, 6.45) is 5.28. The van der Waals surface area contributed by atoms with Gasteiger partial charge in [-0.3, -0.25) is 4.79 Å². The van der Waals surface area contributed by atoms with Crippen molar-refractivity contribution in [3.8, 4) is 0 Å². The lowest BCUT2D eigenvalue weighted by molar-refractivity contribution is -0.130. The summed E-state index contributed by atoms with van der Waals surface area (Å²) in [7, 11) is 1.68. The molecule has 2 fully saturated rings. The molecule has 6 nitrogen and oxygen atoms in total. The Hall–Kier alpha value is -1.43. The number of ether oxygens (including phenoxy) is 1. The molecule has 1 saturated heterocycles. The van der Waals surface area contributed by atoms with Gasteiger partial charge in [0.15, 0.2) is 0 Å². The molecule has 0 bridgehead atoms. The third-order valence-electron chi connectivity index (χ3n) is 5.71. The van der Waals surface area contributed by atoms with Gasteiger partial charge in [0.2, 0.25) is 17.7 Å². The summed E-state index contributed by atoms with van der Waals surface area (Å²) in [5.41, 5.74) is 0.383. The van der Waals surface area contributed by atoms with Crippen molar-refractivity contribution in [2.75, 3.05) is 13.7 Å². The van der Waals surface area contributed by atoms with Crippen LogP contribution in [0.25, 0.3) is 0 Å². The van der Waals surface area contributed by atoms with Crippen molar-refractivity contribution in [3.05, 3.63) is 11.8 Å². The highest BCUT2D eigenvalue weighted by molar-refractivity contribution is 5.74. The van der Waals surface area contributed by atoms with Gasteiger partial charge in [-0.05, 0) is 36.5 Å². The lowest BCUT2D eigenvalue weighted by atomic mass is 9.67. The van der Waals surface area contributed by atoms with Gasteiger partial charge in [-0.2, -0.15) is 0 Å². The van der Waals surface area contributed by atoms with Crippen LogP contribution in [0.2, 0.25) is 0 Å². The first kappa shape index (κ1) is 18.4. The van der Waals surface area contributed by atoms with E-state index in [9.17, 15) is 4.79 Å². The van der Waals surface area contributed by atoms with Crippen molar-refractivity contribution in [1.82, 2.24) is 15.1 Å². The Morgan fingerprint density at radius 2 is 2.08 bits per heavy atom. The number of hydrogen-bond acceptors (Lipinski definition) is 5. The SMILES string of the molecule is CO[C@H]1C[C@H](c2nnc(C[C@@H]3C[C@H](C)CC(C)(C)C3)o2)N(C(C)=O)C1. The molecule has 1 aliphatic heterocycles. The molecule has 0 unspecified atom stereocenters. The minimum Gasteiger partial charge on any atom is -0.423 e. The lowest BCUT2D eigenvalue weighted by Gasteiger charge is -2.38. The number of carbonyl (C=O) groups is 1. The summed E-state index contributed by atoms with van der Waals surface area (Å²) in [4.78, 5) is 13.7. The molecule has 0 aromatic carbocycles. The number of carbonyl (C=O) groups excluding carboxylic acids is 1. The van der Waals surface area contributed by atoms with Gasteiger partial charge in [-0.25, -0.2) is 0 Å². The topological polar surface area (TPSA) is 68.5 Å². The molecule has 0 radical (unpaired) electrons. The fourth-order valence-corrected chi connectivity index (χ4v) is 4.98. The van der Waals surface area contributed by atoms with Crippen LogP contribution in [-0.2, 0) is 16.0 Å². The number of likely N-dealkylation sites (tertiary alicyclic amines) is 1. The van der Waals surface area contributed by atoms with Crippen molar-refractivity contribution in [3.63, 3.8) is 0 Å². The van der Waals surface area contributed by atoms with E-state index in [-0.39, 0.29) is 18.1 Å². The number of amides is 1. The highest BCUT2D eigenvalue weighted by Gasteiger charge is 2.38. The molecule has 1 aliphatic carbocycles. The molecule has 6 heteroatoms. The number of aromatic nitrogens is 2. The second kappa shape index (κ2) is 7.06. The molecule has 2 aliphatic rings. The molecule has 4 atom stereocenters. The Balaban J connectivity index is 1.69. The van der Waals surface area contributed by atoms with Crippen LogP contribution < -0.4 is 0 Å². The van der Waals surface area contributed by atoms with E-state index in [1.807, 2.05) is 0 Å². The zero-order valence-electron chi connectivity index (χ0n) is 16.1. The van der Waals surface area contributed by atoms with Crippen molar-refractivity contribution >= 4 is 5.91 Å². The molecule has 1 saturated carbocycles. The third kappa shape index (κ3) is 4.22. The molecule has 1 amide bonds. The Kier molecular flexibility index (Phi) is 5.19. The van der Waals surface area contributed by atoms with Gasteiger partial charge in [0.25, 0.3) is 0 Å². The fourth-order valence-electron chi connectivity index (χ4n) is 4.98. The first-order chi connectivity index (χ1) is 11.8. The molecular weight excluding hydrogens is 318 g/mol. The van der Waals surface area contributed by atoms with Gasteiger partial charge in [0.05, 0.1) is 6.10 Å². The molecule has 2 heterocycles. The molecule has 0 spiro atoms. The highest BCUT2D eigenvalue weighted by atomic mass is 16.5. The van der Waals surface area contributed by atoms with Crippen LogP contribution in [0, 0.1) is 17.3 Å². The quantitative estimate of drug-likeness (QED) is 0.833. The summed E-state index contributed by atoms with van der Waals surface area (Å²) in [6.45, 7) is 9.20. The highest BCUT2D eigenvalue weighted by Crippen LogP contribution is 2.43. The number of rotatable bonds is 4. The molecule has 25 heavy (non-hydrogen) atoms. The molecule has 140 valence electrons. The summed E-state index contributed by atoms with van der Waals surface area (Å²) in [5.74, 6) is 2.60. The summed E-state index contributed by atoms with van der Waals surface area (Å²) in [5, 5.41) is 8.53. The van der Waals surface area contributed by atoms with E-state index < -0.39 is 0 Å². The van der Waals surface area contributed by atoms with Gasteiger partial charge in [-0.1, -0.05) is 20.8 Å². The van der Waals surface area contributed by atoms with Crippen molar-refractivity contribution in [1.29, 1.82) is 0 Å². The molecule has 1 aromatic heterocycles. The smallest absolute Gasteiger partial charge is 0.239 e. The van der Waals surface area contributed by atoms with E-state index >= 15 is 0 Å². The van der Waals surface area contributed by atoms with Crippen LogP contribution >= 0.6 is 0 Å². The summed E-state index contributed by atoms with van der Waals surface area (Å²) in [6, 6.07) is -0.162. The Morgan fingerprint density at radius 1 is 1.32 bits per heavy atom. The number of hydrogen-bond donors (Lipinski definition) is 0. The van der Waals surface area contributed by atoms with Crippen LogP contribution in [0.1, 0.15) is 71.2 Å². The van der Waals surface area contributed by atoms with Crippen LogP contribution in [-0.4, -0.2) is 40.8 Å². The Labute approximate surface area is 150 Å². The van der Waals surface area contributed by atoms with Crippen molar-refractivity contribution < 1.29 is 13.9 Å². The van der Waals surface area contributed by atoms with Gasteiger partial charge < -0.3 is 14.1 Å². The van der Waals surface area contributed by atoms with E-state index in [0.717, 1.165) is 12.3 Å². The first-order valence-electron chi connectivity index (χ1n) is 9.39. The first-order valence-corrected chi connectivity index (χ1v) is 9.39. The van der Waals surface area contributed by atoms with E-state index in [4.69, 9.17) is 9.15 Å². The maximum atomic E-state index is 11.9. The number of nitrogens with zero attached hydrogens (tertiary/aromatic N) is 3. The van der Waals surface area contributed by atoms with E-state index in [1.54, 1.807) is 18.9 Å². The largest absolute Gasteiger partial charge is 0.423 e. The predicted molar refractivity (Wildman–Crippen MR) is 93.8 cm³/mol. The second-order valence-corrected chi connectivity index (χ2v) is 8.80. The molecule has 3 rings (SSSR count). The molecule has 0 N–H and O–H groups in total. The second-order valence-electron chi connectivity index (χ2n) is 8.80. The average molecular weight is 349 g/mol. The van der Waals surface area contributed by atoms with Crippen LogP contribution in [0.4, 0.5) is 0 Å². The maximum Gasteiger partial charge on any atom is 0.239 e. The van der Waals surface area contributed by atoms with E-state index in [1.165, 1.54) is 19.3 Å². The Morgan fingerprint density at radius 3 is 2.72 bits per heavy atom. The predicted octanol–water partition coefficient (Wildman–Crippen LogP) is 3.38. The normalized spacial score (nSPS) is 32.1. The summed E-state index contributed by atoms with van der Waals surface area (Å²) < 4.78 is 11.4. The zero-order chi connectivity index (χ0) is 18.2. The fraction of sp³-hybridized carbons (Fsp3) is 0.842. The van der Waals surface area contributed by atoms with E-state index in [0.29, 0.717) is 36.1 Å². The van der Waals surface area contributed by atoms with Crippen molar-refractivity contribution in [2.45, 2.75) is 71.9 Å². The van der Waals surface area contributed by atoms with Gasteiger partial charge in [0.1, 0.15) is 6.04 Å². The van der Waals surface area contributed by atoms with E-state index in [2.05, 4.69) is 31.0 Å². The van der Waals surface area contributed by atoms with Gasteiger partial charge in [-0.15, -0.1) is 10.2 Å². The third-order valence-corrected chi connectivity index (χ3v) is 5.71. The van der Waals surface area contributed by atoms with Gasteiger partial charge >= 0.3 is 0 Å². The van der Waals surface area contributed by atoms with Crippen LogP contribution in [0.3, 0.4) is 0 Å².